The van der Waals surface area contributed by atoms with E-state index in [0.717, 1.165) is 6.92 Å². The number of carboxylic acid groups (broad SMARTS) is 1. The predicted molar refractivity (Wildman–Crippen MR) is 34.1 cm³/mol. The van der Waals surface area contributed by atoms with Crippen molar-refractivity contribution in [2.75, 3.05) is 0 Å². The molecule has 0 amide bonds. The summed E-state index contributed by atoms with van der Waals surface area (Å²) in [6, 6.07) is 0. The molecule has 10 nitrogen and oxygen atoms in total. The average molecular weight is 314 g/mol. The minimum absolute atomic E-state index is 0. The Labute approximate surface area is 156 Å². The van der Waals surface area contributed by atoms with Crippen molar-refractivity contribution in [3.8, 4) is 0 Å². The number of aliphatic carboxylic acids is 1. The minimum Gasteiger partial charge on any atom is -0.724 e. The van der Waals surface area contributed by atoms with Crippen molar-refractivity contribution in [1.82, 2.24) is 0 Å². The molecule has 0 aliphatic rings. The molecule has 1 N–H and O–H groups in total. The van der Waals surface area contributed by atoms with Gasteiger partial charge in [0.05, 0.1) is 0 Å². The standard InChI is InChI=1S/C2H4O2.K.Na.H2O8S2/c1-2(3)4;;;1-9(2,3)7-8-10(4,5)6/h1H3,(H,3,4);;;(H,1,2,3)(H,4,5,6)/q;2*+1;/p-2. The van der Waals surface area contributed by atoms with Crippen LogP contribution in [0.2, 0.25) is 0 Å². The normalized spacial score (nSPS) is 9.94. The average Bonchev–Trinajstić information content (AvgIpc) is 1.79. The summed E-state index contributed by atoms with van der Waals surface area (Å²) in [5, 5.41) is 8.89. The van der Waals surface area contributed by atoms with Crippen molar-refractivity contribution in [2.24, 2.45) is 0 Å². The zero-order chi connectivity index (χ0) is 12.0. The number of carbonyl (C=O) groups is 1. The van der Waals surface area contributed by atoms with Crippen molar-refractivity contribution >= 4 is 26.8 Å². The van der Waals surface area contributed by atoms with Crippen molar-refractivity contribution in [3.63, 3.8) is 0 Å². The van der Waals surface area contributed by atoms with Gasteiger partial charge in [0.15, 0.2) is 0 Å². The van der Waals surface area contributed by atoms with E-state index in [1.165, 1.54) is 0 Å². The minimum atomic E-state index is -5.27. The number of rotatable bonds is 3. The maximum absolute atomic E-state index is 9.48. The van der Waals surface area contributed by atoms with Crippen molar-refractivity contribution in [2.45, 2.75) is 6.92 Å². The molecule has 14 heteroatoms. The third-order valence-corrected chi connectivity index (χ3v) is 0.758. The maximum Gasteiger partial charge on any atom is 1.00 e. The molecule has 0 aromatic heterocycles. The summed E-state index contributed by atoms with van der Waals surface area (Å²) in [6.45, 7) is 0.972. The van der Waals surface area contributed by atoms with Crippen molar-refractivity contribution in [3.05, 3.63) is 0 Å². The molecule has 0 aliphatic heterocycles. The summed E-state index contributed by atoms with van der Waals surface area (Å²) in [7, 11) is -10.3. The van der Waals surface area contributed by atoms with E-state index in [-0.39, 0.29) is 80.9 Å². The zero-order valence-corrected chi connectivity index (χ0v) is 15.2. The second-order valence-corrected chi connectivity index (χ2v) is 3.41. The van der Waals surface area contributed by atoms with E-state index in [9.17, 15) is 21.4 Å². The van der Waals surface area contributed by atoms with E-state index in [4.69, 9.17) is 14.5 Å². The van der Waals surface area contributed by atoms with Crippen LogP contribution in [0.25, 0.3) is 0 Å². The molecule has 0 aliphatic carbocycles. The molecule has 0 saturated carbocycles. The van der Waals surface area contributed by atoms with Gasteiger partial charge < -0.3 is 14.5 Å². The van der Waals surface area contributed by atoms with Gasteiger partial charge in [-0.2, -0.15) is 8.42 Å². The first-order valence-electron chi connectivity index (χ1n) is 2.42. The molecule has 0 spiro atoms. The van der Waals surface area contributed by atoms with E-state index in [1.54, 1.807) is 0 Å². The Morgan fingerprint density at radius 3 is 1.50 bits per heavy atom. The van der Waals surface area contributed by atoms with Gasteiger partial charge in [0.2, 0.25) is 10.4 Å². The van der Waals surface area contributed by atoms with Crippen LogP contribution in [-0.2, 0) is 34.3 Å². The Balaban J connectivity index is -0.000000105. The number of hydrogen-bond acceptors (Lipinski definition) is 9. The van der Waals surface area contributed by atoms with Crippen LogP contribution < -0.4 is 86.0 Å². The van der Waals surface area contributed by atoms with Gasteiger partial charge in [-0.25, -0.2) is 8.42 Å². The first-order valence-corrected chi connectivity index (χ1v) is 5.12. The van der Waals surface area contributed by atoms with Crippen LogP contribution in [0.5, 0.6) is 0 Å². The Kier molecular flexibility index (Phi) is 19.7. The van der Waals surface area contributed by atoms with Crippen LogP contribution >= 0.6 is 0 Å². The molecule has 0 aromatic carbocycles. The van der Waals surface area contributed by atoms with Crippen LogP contribution in [0.3, 0.4) is 0 Å². The van der Waals surface area contributed by atoms with E-state index in [0.29, 0.717) is 0 Å². The van der Waals surface area contributed by atoms with Gasteiger partial charge in [-0.15, -0.1) is 0 Å². The molecule has 0 fully saturated rings. The number of carboxylic acids is 1. The second-order valence-electron chi connectivity index (χ2n) is 1.46. The molecule has 0 saturated heterocycles. The fraction of sp³-hybridized carbons (Fsp3) is 0.500. The van der Waals surface area contributed by atoms with Crippen molar-refractivity contribution < 1.29 is 125 Å². The van der Waals surface area contributed by atoms with E-state index in [1.807, 2.05) is 0 Å². The van der Waals surface area contributed by atoms with Gasteiger partial charge in [-0.05, 0) is 6.92 Å². The monoisotopic (exact) mass is 314 g/mol. The molecule has 16 heavy (non-hydrogen) atoms. The molecular weight excluding hydrogens is 310 g/mol. The van der Waals surface area contributed by atoms with Crippen LogP contribution in [0.4, 0.5) is 0 Å². The van der Waals surface area contributed by atoms with Crippen LogP contribution in [-0.4, -0.2) is 31.9 Å². The molecule has 0 bridgehead atoms. The molecule has 0 radical (unpaired) electrons. The maximum atomic E-state index is 9.48. The summed E-state index contributed by atoms with van der Waals surface area (Å²) < 4.78 is 60.2. The second kappa shape index (κ2) is 11.9. The van der Waals surface area contributed by atoms with E-state index < -0.39 is 26.8 Å². The van der Waals surface area contributed by atoms with E-state index in [2.05, 4.69) is 8.67 Å². The van der Waals surface area contributed by atoms with Gasteiger partial charge in [0.25, 0.3) is 0 Å². The Hall–Kier alpha value is 1.85. The number of hydrogen-bond donors (Lipinski definition) is 1. The summed E-state index contributed by atoms with van der Waals surface area (Å²) in [5.74, 6) is -1.08. The SMILES string of the molecule is CC(=O)[O-].O=S(=O)([O-])OOS(=O)(=O)O.[K+].[Na+]. The smallest absolute Gasteiger partial charge is 0.724 e. The zero-order valence-electron chi connectivity index (χ0n) is 8.44. The topological polar surface area (TPSA) is 170 Å². The Morgan fingerprint density at radius 2 is 1.44 bits per heavy atom. The molecule has 86 valence electrons. The van der Waals surface area contributed by atoms with Gasteiger partial charge in [-0.3, -0.25) is 4.55 Å². The first kappa shape index (κ1) is 26.4. The molecule has 0 atom stereocenters. The predicted octanol–water partition coefficient (Wildman–Crippen LogP) is -9.04. The first-order chi connectivity index (χ1) is 5.94. The van der Waals surface area contributed by atoms with Crippen LogP contribution in [0, 0.1) is 0 Å². The van der Waals surface area contributed by atoms with E-state index >= 15 is 0 Å². The molecule has 0 rings (SSSR count). The van der Waals surface area contributed by atoms with Crippen LogP contribution in [0.15, 0.2) is 0 Å². The fourth-order valence-electron chi connectivity index (χ4n) is 0.0691. The van der Waals surface area contributed by atoms with Gasteiger partial charge in [-0.1, -0.05) is 8.67 Å². The van der Waals surface area contributed by atoms with Crippen LogP contribution in [0.1, 0.15) is 6.92 Å². The number of carbonyl (C=O) groups excluding carboxylic acids is 1. The molecular formula is C2H4KNaO10S2. The molecule has 0 aromatic rings. The van der Waals surface area contributed by atoms with Gasteiger partial charge in [0.1, 0.15) is 0 Å². The summed E-state index contributed by atoms with van der Waals surface area (Å²) in [4.78, 5) is 8.89. The quantitative estimate of drug-likeness (QED) is 0.173. The summed E-state index contributed by atoms with van der Waals surface area (Å²) in [6.07, 6.45) is 0. The Bertz CT molecular complexity index is 334. The van der Waals surface area contributed by atoms with Gasteiger partial charge >= 0.3 is 91.3 Å². The molecule has 0 heterocycles. The van der Waals surface area contributed by atoms with Crippen molar-refractivity contribution in [1.29, 1.82) is 0 Å². The molecule has 0 unspecified atom stereocenters. The Morgan fingerprint density at radius 1 is 1.19 bits per heavy atom. The third kappa shape index (κ3) is 44.6. The largest absolute Gasteiger partial charge is 1.00 e. The fourth-order valence-corrected chi connectivity index (χ4v) is 0.622. The summed E-state index contributed by atoms with van der Waals surface area (Å²) in [5.41, 5.74) is 0. The third-order valence-electron chi connectivity index (χ3n) is 0.197. The summed E-state index contributed by atoms with van der Waals surface area (Å²) >= 11 is 0. The van der Waals surface area contributed by atoms with Gasteiger partial charge in [0, 0.05) is 5.97 Å².